The number of hydrogen-bond acceptors (Lipinski definition) is 7. The fourth-order valence-corrected chi connectivity index (χ4v) is 5.67. The lowest BCUT2D eigenvalue weighted by atomic mass is 9.95. The van der Waals surface area contributed by atoms with Crippen LogP contribution in [0.5, 0.6) is 0 Å². The number of nitrogens with one attached hydrogen (secondary N) is 3. The number of carbonyl (C=O) groups excluding carboxylic acids is 1. The Kier molecular flexibility index (Phi) is 9.48. The Balaban J connectivity index is 1.24. The molecule has 3 N–H and O–H groups in total. The van der Waals surface area contributed by atoms with E-state index in [1.165, 1.54) is 12.1 Å². The quantitative estimate of drug-likeness (QED) is 0.163. The van der Waals surface area contributed by atoms with Gasteiger partial charge in [0.1, 0.15) is 23.0 Å². The minimum absolute atomic E-state index is 0.339. The molecule has 2 aliphatic rings. The average molecular weight is 641 g/mol. The van der Waals surface area contributed by atoms with Crippen molar-refractivity contribution in [2.75, 3.05) is 43.1 Å². The summed E-state index contributed by atoms with van der Waals surface area (Å²) in [5.41, 5.74) is 3.94. The molecular formula is C35H35F3N8O. The van der Waals surface area contributed by atoms with Gasteiger partial charge in [0.05, 0.1) is 17.4 Å². The first-order valence-electron chi connectivity index (χ1n) is 15.5. The summed E-state index contributed by atoms with van der Waals surface area (Å²) >= 11 is 0. The van der Waals surface area contributed by atoms with Crippen LogP contribution in [0.1, 0.15) is 46.9 Å². The number of hydrogen-bond donors (Lipinski definition) is 3. The number of anilines is 3. The molecule has 242 valence electrons. The predicted molar refractivity (Wildman–Crippen MR) is 181 cm³/mol. The van der Waals surface area contributed by atoms with Crippen molar-refractivity contribution in [2.24, 2.45) is 9.98 Å². The molecule has 2 aliphatic heterocycles. The van der Waals surface area contributed by atoms with Gasteiger partial charge in [0.25, 0.3) is 5.91 Å². The molecule has 0 aliphatic carbocycles. The number of aliphatic imine (C=N–C) groups is 2. The molecule has 12 heteroatoms. The van der Waals surface area contributed by atoms with E-state index in [1.807, 2.05) is 37.1 Å². The van der Waals surface area contributed by atoms with Gasteiger partial charge in [0, 0.05) is 53.6 Å². The van der Waals surface area contributed by atoms with Gasteiger partial charge < -0.3 is 20.9 Å². The maximum atomic E-state index is 14.9. The SMILES string of the molecule is CN(C)CCCNc1ccc(NC2=NC(c3c(-c4cccc(NC(=O)c5c(F)cccc5F)c4)nn4c3CCC=C4)CC=N2)cc1F. The largest absolute Gasteiger partial charge is 0.383 e. The Bertz CT molecular complexity index is 1860. The molecule has 47 heavy (non-hydrogen) atoms. The van der Waals surface area contributed by atoms with Gasteiger partial charge in [0.15, 0.2) is 0 Å². The van der Waals surface area contributed by atoms with Gasteiger partial charge in [-0.2, -0.15) is 5.10 Å². The number of halogens is 3. The van der Waals surface area contributed by atoms with Crippen molar-refractivity contribution < 1.29 is 18.0 Å². The molecular weight excluding hydrogens is 605 g/mol. The van der Waals surface area contributed by atoms with E-state index < -0.39 is 23.1 Å². The van der Waals surface area contributed by atoms with Gasteiger partial charge in [-0.25, -0.2) is 27.8 Å². The van der Waals surface area contributed by atoms with Crippen LogP contribution in [0.15, 0.2) is 76.7 Å². The number of allylic oxidation sites excluding steroid dienone is 1. The first-order chi connectivity index (χ1) is 22.8. The summed E-state index contributed by atoms with van der Waals surface area (Å²) in [6.45, 7) is 1.57. The summed E-state index contributed by atoms with van der Waals surface area (Å²) < 4.78 is 45.2. The zero-order chi connectivity index (χ0) is 32.9. The minimum Gasteiger partial charge on any atom is -0.383 e. The summed E-state index contributed by atoms with van der Waals surface area (Å²) in [6, 6.07) is 14.8. The van der Waals surface area contributed by atoms with Crippen molar-refractivity contribution in [3.05, 3.63) is 101 Å². The second-order valence-electron chi connectivity index (χ2n) is 11.6. The van der Waals surface area contributed by atoms with Crippen LogP contribution in [0, 0.1) is 17.5 Å². The van der Waals surface area contributed by atoms with Crippen molar-refractivity contribution >= 4 is 41.3 Å². The molecule has 0 spiro atoms. The lowest BCUT2D eigenvalue weighted by Gasteiger charge is -2.19. The molecule has 1 atom stereocenters. The number of fused-ring (bicyclic) bond motifs is 1. The maximum absolute atomic E-state index is 14.9. The third kappa shape index (κ3) is 7.28. The molecule has 1 aromatic heterocycles. The van der Waals surface area contributed by atoms with Crippen LogP contribution >= 0.6 is 0 Å². The molecule has 9 nitrogen and oxygen atoms in total. The Morgan fingerprint density at radius 1 is 1.00 bits per heavy atom. The average Bonchev–Trinajstić information content (AvgIpc) is 3.44. The topological polar surface area (TPSA) is 98.9 Å². The third-order valence-corrected chi connectivity index (χ3v) is 7.90. The first kappa shape index (κ1) is 31.7. The van der Waals surface area contributed by atoms with Crippen molar-refractivity contribution in [3.63, 3.8) is 0 Å². The summed E-state index contributed by atoms with van der Waals surface area (Å²) in [6.07, 6.45) is 8.74. The smallest absolute Gasteiger partial charge is 0.261 e. The van der Waals surface area contributed by atoms with Crippen molar-refractivity contribution in [3.8, 4) is 11.3 Å². The Morgan fingerprint density at radius 2 is 1.81 bits per heavy atom. The molecule has 1 unspecified atom stereocenters. The molecule has 6 rings (SSSR count). The van der Waals surface area contributed by atoms with E-state index in [2.05, 4.69) is 25.8 Å². The highest BCUT2D eigenvalue weighted by molar-refractivity contribution is 6.05. The maximum Gasteiger partial charge on any atom is 0.261 e. The molecule has 0 saturated carbocycles. The monoisotopic (exact) mass is 640 g/mol. The standard InChI is InChI=1S/C35H35F3N8O/c1-45(2)18-7-16-39-28-14-13-24(21-27(28)38)42-35-40-17-15-29(43-35)32-30-12-3-4-19-46(30)44-33(32)22-8-5-9-23(20-22)41-34(47)31-25(36)10-6-11-26(31)37/h4-6,8-11,13-14,17,19-21,29,39H,3,7,12,15-16,18H2,1-2H3,(H,41,47)(H,42,43). The number of amides is 1. The molecule has 0 fully saturated rings. The number of carbonyl (C=O) groups is 1. The highest BCUT2D eigenvalue weighted by atomic mass is 19.1. The fraction of sp³-hybridized carbons (Fsp3) is 0.257. The predicted octanol–water partition coefficient (Wildman–Crippen LogP) is 6.98. The summed E-state index contributed by atoms with van der Waals surface area (Å²) in [5, 5.41) is 13.8. The second kappa shape index (κ2) is 14.0. The Hall–Kier alpha value is -5.23. The number of rotatable bonds is 10. The number of guanidine groups is 1. The van der Waals surface area contributed by atoms with Crippen LogP contribution in [-0.4, -0.2) is 59.9 Å². The molecule has 3 heterocycles. The van der Waals surface area contributed by atoms with Gasteiger partial charge in [-0.3, -0.25) is 4.79 Å². The van der Waals surface area contributed by atoms with E-state index in [0.717, 1.165) is 49.2 Å². The molecule has 3 aromatic carbocycles. The fourth-order valence-electron chi connectivity index (χ4n) is 5.67. The number of aromatic nitrogens is 2. The van der Waals surface area contributed by atoms with Gasteiger partial charge in [-0.05, 0) is 82.4 Å². The number of benzene rings is 3. The van der Waals surface area contributed by atoms with E-state index in [4.69, 9.17) is 10.1 Å². The summed E-state index contributed by atoms with van der Waals surface area (Å²) in [7, 11) is 4.00. The number of nitrogens with zero attached hydrogens (tertiary/aromatic N) is 5. The first-order valence-corrected chi connectivity index (χ1v) is 15.5. The highest BCUT2D eigenvalue weighted by Crippen LogP contribution is 2.38. The lowest BCUT2D eigenvalue weighted by Crippen LogP contribution is -2.18. The molecule has 0 radical (unpaired) electrons. The molecule has 4 aromatic rings. The van der Waals surface area contributed by atoms with Crippen molar-refractivity contribution in [1.82, 2.24) is 14.7 Å². The van der Waals surface area contributed by atoms with Gasteiger partial charge in [-0.1, -0.05) is 24.3 Å². The normalized spacial score (nSPS) is 15.4. The van der Waals surface area contributed by atoms with Crippen LogP contribution in [-0.2, 0) is 6.42 Å². The molecule has 0 bridgehead atoms. The Morgan fingerprint density at radius 3 is 2.60 bits per heavy atom. The minimum atomic E-state index is -0.943. The zero-order valence-electron chi connectivity index (χ0n) is 26.1. The molecule has 1 amide bonds. The van der Waals surface area contributed by atoms with Crippen LogP contribution in [0.4, 0.5) is 30.2 Å². The van der Waals surface area contributed by atoms with E-state index >= 15 is 0 Å². The van der Waals surface area contributed by atoms with Crippen molar-refractivity contribution in [1.29, 1.82) is 0 Å². The van der Waals surface area contributed by atoms with Gasteiger partial charge in [0.2, 0.25) is 5.96 Å². The lowest BCUT2D eigenvalue weighted by molar-refractivity contribution is 0.101. The van der Waals surface area contributed by atoms with E-state index in [9.17, 15) is 18.0 Å². The Labute approximate surface area is 270 Å². The molecule has 0 saturated heterocycles. The van der Waals surface area contributed by atoms with Crippen LogP contribution in [0.3, 0.4) is 0 Å². The van der Waals surface area contributed by atoms with Crippen LogP contribution in [0.25, 0.3) is 17.5 Å². The summed E-state index contributed by atoms with van der Waals surface area (Å²) in [4.78, 5) is 24.2. The third-order valence-electron chi connectivity index (χ3n) is 7.90. The van der Waals surface area contributed by atoms with Gasteiger partial charge >= 0.3 is 0 Å². The second-order valence-corrected chi connectivity index (χ2v) is 11.6. The van der Waals surface area contributed by atoms with Gasteiger partial charge in [-0.15, -0.1) is 0 Å². The van der Waals surface area contributed by atoms with Crippen LogP contribution in [0.2, 0.25) is 0 Å². The van der Waals surface area contributed by atoms with E-state index in [-0.39, 0.29) is 11.9 Å². The zero-order valence-corrected chi connectivity index (χ0v) is 26.1. The van der Waals surface area contributed by atoms with Crippen LogP contribution < -0.4 is 16.0 Å². The highest BCUT2D eigenvalue weighted by Gasteiger charge is 2.28. The van der Waals surface area contributed by atoms with E-state index in [0.29, 0.717) is 47.2 Å². The summed E-state index contributed by atoms with van der Waals surface area (Å²) in [5.74, 6) is -2.80. The van der Waals surface area contributed by atoms with Crippen molar-refractivity contribution in [2.45, 2.75) is 31.7 Å². The van der Waals surface area contributed by atoms with E-state index in [1.54, 1.807) is 36.5 Å².